The van der Waals surface area contributed by atoms with Crippen molar-refractivity contribution in [3.05, 3.63) is 53.4 Å². The number of nitrogens with one attached hydrogen (secondary N) is 2. The van der Waals surface area contributed by atoms with E-state index in [1.165, 1.54) is 31.9 Å². The van der Waals surface area contributed by atoms with Crippen molar-refractivity contribution in [3.8, 4) is 0 Å². The van der Waals surface area contributed by atoms with Crippen molar-refractivity contribution in [2.45, 2.75) is 51.2 Å². The van der Waals surface area contributed by atoms with Crippen molar-refractivity contribution in [3.63, 3.8) is 0 Å². The molecule has 0 unspecified atom stereocenters. The molecular formula is C24H34N6O2. The molecule has 8 nitrogen and oxygen atoms in total. The fourth-order valence-corrected chi connectivity index (χ4v) is 4.29. The number of likely N-dealkylation sites (N-methyl/N-ethyl adjacent to an activating group) is 1. The Balaban J connectivity index is 1.63. The minimum atomic E-state index is -0.851. The van der Waals surface area contributed by atoms with Crippen molar-refractivity contribution in [1.29, 1.82) is 5.41 Å². The molecule has 2 fully saturated rings. The number of hydrogen-bond acceptors (Lipinski definition) is 7. The number of aliphatic hydroxyl groups is 2. The van der Waals surface area contributed by atoms with Crippen molar-refractivity contribution >= 4 is 11.9 Å². The first-order chi connectivity index (χ1) is 15.5. The first kappa shape index (κ1) is 22.5. The maximum atomic E-state index is 9.55. The quantitative estimate of drug-likeness (QED) is 0.397. The predicted octanol–water partition coefficient (Wildman–Crippen LogP) is 2.59. The van der Waals surface area contributed by atoms with Gasteiger partial charge in [-0.15, -0.1) is 0 Å². The van der Waals surface area contributed by atoms with E-state index >= 15 is 0 Å². The van der Waals surface area contributed by atoms with Gasteiger partial charge in [0.05, 0.1) is 42.1 Å². The average Bonchev–Trinajstić information content (AvgIpc) is 3.73. The second-order valence-electron chi connectivity index (χ2n) is 8.95. The zero-order chi connectivity index (χ0) is 22.7. The molecule has 172 valence electrons. The monoisotopic (exact) mass is 438 g/mol. The number of aliphatic hydroxyl groups excluding tert-OH is 2. The summed E-state index contributed by atoms with van der Waals surface area (Å²) in [4.78, 5) is 6.97. The predicted molar refractivity (Wildman–Crippen MR) is 125 cm³/mol. The Kier molecular flexibility index (Phi) is 6.91. The van der Waals surface area contributed by atoms with Crippen LogP contribution in [0.3, 0.4) is 0 Å². The molecule has 0 bridgehead atoms. The summed E-state index contributed by atoms with van der Waals surface area (Å²) in [6.45, 7) is 1.99. The molecular weight excluding hydrogens is 404 g/mol. The summed E-state index contributed by atoms with van der Waals surface area (Å²) in [5, 5.41) is 34.1. The van der Waals surface area contributed by atoms with Gasteiger partial charge >= 0.3 is 0 Å². The van der Waals surface area contributed by atoms with Crippen LogP contribution in [-0.2, 0) is 0 Å². The van der Waals surface area contributed by atoms with Gasteiger partial charge in [-0.05, 0) is 43.9 Å². The van der Waals surface area contributed by atoms with Crippen LogP contribution in [0.15, 0.2) is 52.8 Å². The molecule has 0 amide bonds. The maximum Gasteiger partial charge on any atom is 0.0974 e. The molecule has 2 aliphatic carbocycles. The van der Waals surface area contributed by atoms with Crippen molar-refractivity contribution in [2.24, 2.45) is 16.8 Å². The lowest BCUT2D eigenvalue weighted by Crippen LogP contribution is -2.27. The molecule has 4 rings (SSSR count). The molecule has 0 spiro atoms. The molecule has 4 N–H and O–H groups in total. The number of aromatic nitrogens is 2. The standard InChI is InChI=1S/C24H34N6O2/c1-3-4-22-23(19-11-27-30(13-19)24(16-5-6-16)17-7-8-17)28-21(14-29(22)2)18(9-25)10-26-12-20(32)15-31/h4,9-11,13-14,16-17,20,24-26,31-32H,3,5-8,12,15H2,1-2H3/b18-10+,22-4-,25-9?/t20-/m1/s1. The van der Waals surface area contributed by atoms with E-state index < -0.39 is 6.10 Å². The molecule has 0 radical (unpaired) electrons. The van der Waals surface area contributed by atoms with E-state index in [1.807, 2.05) is 24.3 Å². The van der Waals surface area contributed by atoms with E-state index in [-0.39, 0.29) is 13.2 Å². The number of nitrogens with zero attached hydrogens (tertiary/aromatic N) is 4. The molecule has 1 aromatic heterocycles. The molecule has 1 atom stereocenters. The first-order valence-corrected chi connectivity index (χ1v) is 11.6. The lowest BCUT2D eigenvalue weighted by atomic mass is 10.1. The molecule has 1 aromatic rings. The van der Waals surface area contributed by atoms with E-state index in [0.717, 1.165) is 35.2 Å². The lowest BCUT2D eigenvalue weighted by Gasteiger charge is -2.26. The Morgan fingerprint density at radius 3 is 2.62 bits per heavy atom. The Hall–Kier alpha value is -2.71. The second-order valence-corrected chi connectivity index (χ2v) is 8.95. The maximum absolute atomic E-state index is 9.55. The molecule has 0 saturated heterocycles. The fraction of sp³-hybridized carbons (Fsp3) is 0.542. The Morgan fingerprint density at radius 2 is 2.03 bits per heavy atom. The van der Waals surface area contributed by atoms with Crippen molar-refractivity contribution in [1.82, 2.24) is 20.0 Å². The molecule has 8 heteroatoms. The largest absolute Gasteiger partial charge is 0.394 e. The molecule has 2 saturated carbocycles. The van der Waals surface area contributed by atoms with E-state index in [1.54, 1.807) is 6.20 Å². The van der Waals surface area contributed by atoms with Gasteiger partial charge < -0.3 is 25.8 Å². The van der Waals surface area contributed by atoms with Gasteiger partial charge in [0.1, 0.15) is 0 Å². The van der Waals surface area contributed by atoms with Crippen LogP contribution in [0.2, 0.25) is 0 Å². The van der Waals surface area contributed by atoms with Crippen LogP contribution in [0.4, 0.5) is 0 Å². The van der Waals surface area contributed by atoms with Gasteiger partial charge in [-0.25, -0.2) is 4.99 Å². The van der Waals surface area contributed by atoms with E-state index in [9.17, 15) is 5.11 Å². The van der Waals surface area contributed by atoms with Gasteiger partial charge in [0, 0.05) is 49.5 Å². The summed E-state index contributed by atoms with van der Waals surface area (Å²) in [5.41, 5.74) is 4.12. The van der Waals surface area contributed by atoms with Crippen LogP contribution in [0.25, 0.3) is 0 Å². The highest BCUT2D eigenvalue weighted by atomic mass is 16.3. The van der Waals surface area contributed by atoms with Gasteiger partial charge in [0.2, 0.25) is 0 Å². The Bertz CT molecular complexity index is 939. The van der Waals surface area contributed by atoms with Gasteiger partial charge in [0.25, 0.3) is 0 Å². The first-order valence-electron chi connectivity index (χ1n) is 11.6. The topological polar surface area (TPSA) is 110 Å². The molecule has 3 aliphatic rings. The van der Waals surface area contributed by atoms with Gasteiger partial charge in [-0.3, -0.25) is 4.68 Å². The summed E-state index contributed by atoms with van der Waals surface area (Å²) >= 11 is 0. The van der Waals surface area contributed by atoms with E-state index in [0.29, 0.717) is 17.3 Å². The third-order valence-corrected chi connectivity index (χ3v) is 6.23. The molecule has 0 aromatic carbocycles. The zero-order valence-corrected chi connectivity index (χ0v) is 18.9. The highest BCUT2D eigenvalue weighted by Crippen LogP contribution is 2.51. The van der Waals surface area contributed by atoms with E-state index in [4.69, 9.17) is 20.6 Å². The number of allylic oxidation sites excluding steroid dienone is 3. The van der Waals surface area contributed by atoms with Crippen LogP contribution in [0.5, 0.6) is 0 Å². The van der Waals surface area contributed by atoms with Crippen LogP contribution in [-0.4, -0.2) is 63.1 Å². The molecule has 2 heterocycles. The normalized spacial score (nSPS) is 21.6. The van der Waals surface area contributed by atoms with Gasteiger partial charge in [0.15, 0.2) is 0 Å². The van der Waals surface area contributed by atoms with Crippen molar-refractivity contribution < 1.29 is 10.2 Å². The third kappa shape index (κ3) is 5.02. The summed E-state index contributed by atoms with van der Waals surface area (Å²) in [5.74, 6) is 1.53. The zero-order valence-electron chi connectivity index (χ0n) is 18.9. The lowest BCUT2D eigenvalue weighted by molar-refractivity contribution is 0.0972. The SMILES string of the molecule is CC/C=C1/C(c2cnn(C(C3CC3)C3CC3)c2)=NC(/C(C=N)=C/NC[C@@H](O)CO)=CN1C. The van der Waals surface area contributed by atoms with Gasteiger partial charge in [-0.1, -0.05) is 13.0 Å². The van der Waals surface area contributed by atoms with Crippen LogP contribution >= 0.6 is 0 Å². The summed E-state index contributed by atoms with van der Waals surface area (Å²) in [6, 6.07) is 0.512. The summed E-state index contributed by atoms with van der Waals surface area (Å²) < 4.78 is 2.17. The Labute approximate surface area is 189 Å². The Morgan fingerprint density at radius 1 is 1.31 bits per heavy atom. The summed E-state index contributed by atoms with van der Waals surface area (Å²) in [6.07, 6.45) is 16.3. The number of rotatable bonds is 11. The third-order valence-electron chi connectivity index (χ3n) is 6.23. The summed E-state index contributed by atoms with van der Waals surface area (Å²) in [7, 11) is 1.99. The van der Waals surface area contributed by atoms with Crippen LogP contribution in [0, 0.1) is 17.2 Å². The highest BCUT2D eigenvalue weighted by molar-refractivity contribution is 6.13. The smallest absolute Gasteiger partial charge is 0.0974 e. The highest BCUT2D eigenvalue weighted by Gasteiger charge is 2.43. The minimum Gasteiger partial charge on any atom is -0.394 e. The second kappa shape index (κ2) is 9.83. The molecule has 32 heavy (non-hydrogen) atoms. The minimum absolute atomic E-state index is 0.199. The number of aliphatic imine (C=N–C) groups is 1. The molecule has 1 aliphatic heterocycles. The average molecular weight is 439 g/mol. The fourth-order valence-electron chi connectivity index (χ4n) is 4.29. The van der Waals surface area contributed by atoms with Crippen LogP contribution in [0.1, 0.15) is 50.6 Å². The van der Waals surface area contributed by atoms with Crippen molar-refractivity contribution in [2.75, 3.05) is 20.2 Å². The van der Waals surface area contributed by atoms with Gasteiger partial charge in [-0.2, -0.15) is 5.10 Å². The number of hydrogen-bond donors (Lipinski definition) is 4. The van der Waals surface area contributed by atoms with E-state index in [2.05, 4.69) is 29.2 Å². The van der Waals surface area contributed by atoms with Crippen LogP contribution < -0.4 is 5.32 Å².